The second-order valence-electron chi connectivity index (χ2n) is 6.51. The smallest absolute Gasteiger partial charge is 0.0573 e. The van der Waals surface area contributed by atoms with Crippen LogP contribution in [0.1, 0.15) is 44.9 Å². The van der Waals surface area contributed by atoms with Gasteiger partial charge < -0.3 is 5.73 Å². The van der Waals surface area contributed by atoms with Gasteiger partial charge in [-0.2, -0.15) is 0 Å². The number of hydrogen-bond donors (Lipinski definition) is 1. The molecule has 0 amide bonds. The van der Waals surface area contributed by atoms with Gasteiger partial charge in [-0.05, 0) is 58.7 Å². The summed E-state index contributed by atoms with van der Waals surface area (Å²) in [5.41, 5.74) is 10.8. The fraction of sp³-hybridized carbons (Fsp3) is 0.476. The van der Waals surface area contributed by atoms with E-state index in [0.29, 0.717) is 6.04 Å². The zero-order valence-electron chi connectivity index (χ0n) is 15.8. The number of rotatable bonds is 10. The van der Waals surface area contributed by atoms with Gasteiger partial charge in [0.05, 0.1) is 5.69 Å². The van der Waals surface area contributed by atoms with E-state index in [1.54, 1.807) is 0 Å². The van der Waals surface area contributed by atoms with Crippen LogP contribution in [-0.2, 0) is 6.54 Å². The molecular formula is C21H33N3. The van der Waals surface area contributed by atoms with Gasteiger partial charge in [0.15, 0.2) is 0 Å². The number of pyridine rings is 1. The first-order valence-electron chi connectivity index (χ1n) is 8.79. The molecule has 0 fully saturated rings. The first kappa shape index (κ1) is 20.3. The highest BCUT2D eigenvalue weighted by Gasteiger charge is 2.16. The Balaban J connectivity index is 2.94. The Morgan fingerprint density at radius 1 is 1.42 bits per heavy atom. The third kappa shape index (κ3) is 6.81. The molecule has 0 aliphatic heterocycles. The molecule has 2 N–H and O–H groups in total. The van der Waals surface area contributed by atoms with Crippen LogP contribution < -0.4 is 5.73 Å². The van der Waals surface area contributed by atoms with E-state index in [4.69, 9.17) is 5.73 Å². The highest BCUT2D eigenvalue weighted by Crippen LogP contribution is 2.17. The monoisotopic (exact) mass is 327 g/mol. The molecule has 1 aromatic heterocycles. The van der Waals surface area contributed by atoms with Crippen LogP contribution in [-0.4, -0.2) is 29.0 Å². The largest absolute Gasteiger partial charge is 0.330 e. The summed E-state index contributed by atoms with van der Waals surface area (Å²) in [4.78, 5) is 7.08. The Hall–Kier alpha value is -1.71. The lowest BCUT2D eigenvalue weighted by Crippen LogP contribution is -2.35. The fourth-order valence-electron chi connectivity index (χ4n) is 2.62. The van der Waals surface area contributed by atoms with Gasteiger partial charge in [0.1, 0.15) is 0 Å². The van der Waals surface area contributed by atoms with Crippen molar-refractivity contribution in [1.82, 2.24) is 9.88 Å². The van der Waals surface area contributed by atoms with Crippen LogP contribution in [0.4, 0.5) is 0 Å². The maximum atomic E-state index is 5.70. The highest BCUT2D eigenvalue weighted by molar-refractivity contribution is 5.26. The van der Waals surface area contributed by atoms with Gasteiger partial charge in [-0.3, -0.25) is 9.88 Å². The summed E-state index contributed by atoms with van der Waals surface area (Å²) in [6.45, 7) is 15.1. The molecule has 1 unspecified atom stereocenters. The van der Waals surface area contributed by atoms with E-state index in [0.717, 1.165) is 38.2 Å². The quantitative estimate of drug-likeness (QED) is 0.648. The molecule has 1 aromatic rings. The maximum Gasteiger partial charge on any atom is 0.0573 e. The Morgan fingerprint density at radius 2 is 2.17 bits per heavy atom. The molecule has 3 heteroatoms. The van der Waals surface area contributed by atoms with Crippen molar-refractivity contribution in [3.05, 3.63) is 65.5 Å². The van der Waals surface area contributed by atoms with Gasteiger partial charge in [0.2, 0.25) is 0 Å². The van der Waals surface area contributed by atoms with Crippen molar-refractivity contribution in [2.45, 2.75) is 53.1 Å². The lowest BCUT2D eigenvalue weighted by molar-refractivity contribution is 0.202. The highest BCUT2D eigenvalue weighted by atomic mass is 15.2. The molecule has 0 bridgehead atoms. The molecule has 0 spiro atoms. The SMILES string of the molecule is C=C/C=C\C(C)=C(/C)CN(Cc1ncccc1C)C(C)CCCN. The summed E-state index contributed by atoms with van der Waals surface area (Å²) in [5.74, 6) is 0. The molecule has 1 rings (SSSR count). The fourth-order valence-corrected chi connectivity index (χ4v) is 2.62. The molecule has 0 radical (unpaired) electrons. The predicted octanol–water partition coefficient (Wildman–Crippen LogP) is 4.40. The normalized spacial score (nSPS) is 14.1. The van der Waals surface area contributed by atoms with Crippen LogP contribution in [0.2, 0.25) is 0 Å². The van der Waals surface area contributed by atoms with Crippen LogP contribution in [0.15, 0.2) is 54.3 Å². The van der Waals surface area contributed by atoms with Gasteiger partial charge in [0.25, 0.3) is 0 Å². The van der Waals surface area contributed by atoms with E-state index in [9.17, 15) is 0 Å². The maximum absolute atomic E-state index is 5.70. The standard InChI is InChI=1S/C21H33N3/c1-6-7-10-17(2)19(4)15-24(20(5)12-8-13-22)16-21-18(3)11-9-14-23-21/h6-7,9-11,14,20H,1,8,12-13,15-16,22H2,2-5H3/b10-7-,19-17+. The first-order valence-corrected chi connectivity index (χ1v) is 8.79. The van der Waals surface area contributed by atoms with Gasteiger partial charge in [-0.1, -0.05) is 42.0 Å². The Morgan fingerprint density at radius 3 is 2.79 bits per heavy atom. The van der Waals surface area contributed by atoms with Crippen molar-refractivity contribution in [2.75, 3.05) is 13.1 Å². The van der Waals surface area contributed by atoms with Crippen LogP contribution >= 0.6 is 0 Å². The van der Waals surface area contributed by atoms with E-state index in [2.05, 4.69) is 56.3 Å². The molecule has 1 atom stereocenters. The van der Waals surface area contributed by atoms with Crippen LogP contribution in [0.25, 0.3) is 0 Å². The van der Waals surface area contributed by atoms with Gasteiger partial charge in [-0.15, -0.1) is 0 Å². The third-order valence-electron chi connectivity index (χ3n) is 4.52. The molecular weight excluding hydrogens is 294 g/mol. The number of aryl methyl sites for hydroxylation is 1. The lowest BCUT2D eigenvalue weighted by Gasteiger charge is -2.30. The molecule has 0 saturated carbocycles. The summed E-state index contributed by atoms with van der Waals surface area (Å²) in [7, 11) is 0. The Labute approximate surface area is 148 Å². The second-order valence-corrected chi connectivity index (χ2v) is 6.51. The first-order chi connectivity index (χ1) is 11.5. The summed E-state index contributed by atoms with van der Waals surface area (Å²) in [6.07, 6.45) is 9.97. The van der Waals surface area contributed by atoms with E-state index in [-0.39, 0.29) is 0 Å². The number of nitrogens with zero attached hydrogens (tertiary/aromatic N) is 2. The van der Waals surface area contributed by atoms with Crippen molar-refractivity contribution in [3.63, 3.8) is 0 Å². The third-order valence-corrected chi connectivity index (χ3v) is 4.52. The van der Waals surface area contributed by atoms with E-state index in [1.807, 2.05) is 24.4 Å². The number of allylic oxidation sites excluding steroid dienone is 4. The van der Waals surface area contributed by atoms with E-state index >= 15 is 0 Å². The molecule has 0 aliphatic rings. The van der Waals surface area contributed by atoms with Gasteiger partial charge in [0, 0.05) is 25.3 Å². The lowest BCUT2D eigenvalue weighted by atomic mass is 10.1. The van der Waals surface area contributed by atoms with Gasteiger partial charge in [-0.25, -0.2) is 0 Å². The average molecular weight is 328 g/mol. The van der Waals surface area contributed by atoms with Crippen molar-refractivity contribution < 1.29 is 0 Å². The van der Waals surface area contributed by atoms with Crippen LogP contribution in [0, 0.1) is 6.92 Å². The number of hydrogen-bond acceptors (Lipinski definition) is 3. The van der Waals surface area contributed by atoms with Crippen molar-refractivity contribution in [3.8, 4) is 0 Å². The van der Waals surface area contributed by atoms with Crippen LogP contribution in [0.3, 0.4) is 0 Å². The Kier molecular flexibility index (Phi) is 9.28. The summed E-state index contributed by atoms with van der Waals surface area (Å²) < 4.78 is 0. The average Bonchev–Trinajstić information content (AvgIpc) is 2.58. The molecule has 0 saturated heterocycles. The van der Waals surface area contributed by atoms with Crippen molar-refractivity contribution >= 4 is 0 Å². The van der Waals surface area contributed by atoms with E-state index < -0.39 is 0 Å². The second kappa shape index (κ2) is 11.0. The minimum atomic E-state index is 0.473. The van der Waals surface area contributed by atoms with E-state index in [1.165, 1.54) is 16.7 Å². The topological polar surface area (TPSA) is 42.2 Å². The molecule has 0 aromatic carbocycles. The minimum Gasteiger partial charge on any atom is -0.330 e. The van der Waals surface area contributed by atoms with Gasteiger partial charge >= 0.3 is 0 Å². The molecule has 0 aliphatic carbocycles. The summed E-state index contributed by atoms with van der Waals surface area (Å²) >= 11 is 0. The van der Waals surface area contributed by atoms with Crippen molar-refractivity contribution in [1.29, 1.82) is 0 Å². The molecule has 1 heterocycles. The zero-order valence-corrected chi connectivity index (χ0v) is 15.8. The summed E-state index contributed by atoms with van der Waals surface area (Å²) in [6, 6.07) is 4.60. The Bertz CT molecular complexity index is 572. The minimum absolute atomic E-state index is 0.473. The summed E-state index contributed by atoms with van der Waals surface area (Å²) in [5, 5.41) is 0. The number of nitrogens with two attached hydrogens (primary N) is 1. The van der Waals surface area contributed by atoms with Crippen LogP contribution in [0.5, 0.6) is 0 Å². The zero-order chi connectivity index (χ0) is 17.9. The van der Waals surface area contributed by atoms with Crippen molar-refractivity contribution in [2.24, 2.45) is 5.73 Å². The predicted molar refractivity (Wildman–Crippen MR) is 105 cm³/mol. The number of aromatic nitrogens is 1. The molecule has 24 heavy (non-hydrogen) atoms. The molecule has 3 nitrogen and oxygen atoms in total. The molecule has 132 valence electrons.